The maximum absolute atomic E-state index is 5.90. The summed E-state index contributed by atoms with van der Waals surface area (Å²) in [4.78, 5) is 2.21. The summed E-state index contributed by atoms with van der Waals surface area (Å²) in [6, 6.07) is 0. The molecule has 0 aromatic carbocycles. The second-order valence-electron chi connectivity index (χ2n) is 3.35. The van der Waals surface area contributed by atoms with Crippen LogP contribution in [0.1, 0.15) is 12.8 Å². The molecule has 2 N–H and O–H groups in total. The van der Waals surface area contributed by atoms with E-state index in [1.807, 2.05) is 6.08 Å². The number of nitrogens with two attached hydrogens (primary N) is 1. The molecule has 0 spiro atoms. The van der Waals surface area contributed by atoms with Gasteiger partial charge in [0.1, 0.15) is 0 Å². The molecule has 0 unspecified atom stereocenters. The van der Waals surface area contributed by atoms with Crippen LogP contribution in [-0.2, 0) is 0 Å². The van der Waals surface area contributed by atoms with Crippen molar-refractivity contribution >= 4 is 0 Å². The zero-order chi connectivity index (χ0) is 7.61. The van der Waals surface area contributed by atoms with Crippen LogP contribution in [0.4, 0.5) is 0 Å². The lowest BCUT2D eigenvalue weighted by molar-refractivity contribution is 0.332. The maximum Gasteiger partial charge on any atom is 0.0284 e. The summed E-state index contributed by atoms with van der Waals surface area (Å²) in [6.07, 6.45) is 4.29. The summed E-state index contributed by atoms with van der Waals surface area (Å²) >= 11 is 0. The Labute approximate surface area is 62.7 Å². The van der Waals surface area contributed by atoms with Gasteiger partial charge in [0.25, 0.3) is 0 Å². The predicted molar refractivity (Wildman–Crippen MR) is 43.8 cm³/mol. The molecule has 1 rings (SSSR count). The lowest BCUT2D eigenvalue weighted by Crippen LogP contribution is -2.37. The summed E-state index contributed by atoms with van der Waals surface area (Å²) in [6.45, 7) is 5.62. The molecule has 0 aliphatic heterocycles. The van der Waals surface area contributed by atoms with Crippen LogP contribution in [0.3, 0.4) is 0 Å². The Kier molecular flexibility index (Phi) is 2.11. The molecule has 0 aromatic heterocycles. The van der Waals surface area contributed by atoms with Crippen LogP contribution in [0.2, 0.25) is 0 Å². The van der Waals surface area contributed by atoms with E-state index in [0.29, 0.717) is 0 Å². The van der Waals surface area contributed by atoms with Crippen molar-refractivity contribution in [1.29, 1.82) is 0 Å². The third kappa shape index (κ3) is 2.12. The van der Waals surface area contributed by atoms with Crippen LogP contribution in [0.25, 0.3) is 0 Å². The zero-order valence-electron chi connectivity index (χ0n) is 6.64. The van der Waals surface area contributed by atoms with Crippen molar-refractivity contribution in [3.8, 4) is 0 Å². The third-order valence-corrected chi connectivity index (χ3v) is 1.92. The lowest BCUT2D eigenvalue weighted by atomic mass is 10.3. The summed E-state index contributed by atoms with van der Waals surface area (Å²) in [7, 11) is 2.08. The minimum atomic E-state index is 0.151. The smallest absolute Gasteiger partial charge is 0.0284 e. The number of hydrogen-bond acceptors (Lipinski definition) is 2. The first-order valence-corrected chi connectivity index (χ1v) is 3.75. The van der Waals surface area contributed by atoms with Gasteiger partial charge >= 0.3 is 0 Å². The zero-order valence-corrected chi connectivity index (χ0v) is 6.64. The maximum atomic E-state index is 5.90. The number of nitrogens with zero attached hydrogens (tertiary/aromatic N) is 1. The van der Waals surface area contributed by atoms with Crippen molar-refractivity contribution < 1.29 is 0 Å². The standard InChI is InChI=1S/C8H16N2/c1-3-6-10(2)7-8(9)4-5-8/h3H,1,4-7,9H2,2H3. The molecule has 0 saturated heterocycles. The van der Waals surface area contributed by atoms with Crippen molar-refractivity contribution in [2.24, 2.45) is 5.73 Å². The fraction of sp³-hybridized carbons (Fsp3) is 0.750. The molecule has 58 valence electrons. The Morgan fingerprint density at radius 1 is 1.70 bits per heavy atom. The highest BCUT2D eigenvalue weighted by Gasteiger charge is 2.38. The van der Waals surface area contributed by atoms with Crippen molar-refractivity contribution in [3.05, 3.63) is 12.7 Å². The SMILES string of the molecule is C=CCN(C)CC1(N)CC1. The monoisotopic (exact) mass is 140 g/mol. The highest BCUT2D eigenvalue weighted by Crippen LogP contribution is 2.32. The molecule has 1 saturated carbocycles. The van der Waals surface area contributed by atoms with E-state index < -0.39 is 0 Å². The summed E-state index contributed by atoms with van der Waals surface area (Å²) in [5, 5.41) is 0. The highest BCUT2D eigenvalue weighted by molar-refractivity contribution is 5.01. The van der Waals surface area contributed by atoms with E-state index in [9.17, 15) is 0 Å². The molecule has 0 amide bonds. The minimum Gasteiger partial charge on any atom is -0.324 e. The van der Waals surface area contributed by atoms with Gasteiger partial charge in [-0.25, -0.2) is 0 Å². The van der Waals surface area contributed by atoms with E-state index in [4.69, 9.17) is 5.73 Å². The fourth-order valence-corrected chi connectivity index (χ4v) is 1.14. The van der Waals surface area contributed by atoms with E-state index >= 15 is 0 Å². The van der Waals surface area contributed by atoms with Gasteiger partial charge in [-0.15, -0.1) is 6.58 Å². The Bertz CT molecular complexity index is 127. The molecular weight excluding hydrogens is 124 g/mol. The average Bonchev–Trinajstić information content (AvgIpc) is 2.48. The van der Waals surface area contributed by atoms with E-state index in [1.165, 1.54) is 12.8 Å². The van der Waals surface area contributed by atoms with Crippen molar-refractivity contribution in [3.63, 3.8) is 0 Å². The van der Waals surface area contributed by atoms with Gasteiger partial charge in [0, 0.05) is 18.6 Å². The fourth-order valence-electron chi connectivity index (χ4n) is 1.14. The largest absolute Gasteiger partial charge is 0.324 e. The predicted octanol–water partition coefficient (Wildman–Crippen LogP) is 0.596. The van der Waals surface area contributed by atoms with Gasteiger partial charge in [-0.3, -0.25) is 0 Å². The van der Waals surface area contributed by atoms with E-state index in [1.54, 1.807) is 0 Å². The van der Waals surface area contributed by atoms with Gasteiger partial charge in [0.05, 0.1) is 0 Å². The summed E-state index contributed by atoms with van der Waals surface area (Å²) < 4.78 is 0. The quantitative estimate of drug-likeness (QED) is 0.579. The molecule has 0 bridgehead atoms. The Morgan fingerprint density at radius 2 is 2.30 bits per heavy atom. The highest BCUT2D eigenvalue weighted by atomic mass is 15.1. The van der Waals surface area contributed by atoms with Gasteiger partial charge in [-0.1, -0.05) is 6.08 Å². The first kappa shape index (κ1) is 7.76. The first-order chi connectivity index (χ1) is 4.66. The van der Waals surface area contributed by atoms with Crippen LogP contribution in [-0.4, -0.2) is 30.6 Å². The van der Waals surface area contributed by atoms with Crippen molar-refractivity contribution in [2.75, 3.05) is 20.1 Å². The van der Waals surface area contributed by atoms with Gasteiger partial charge in [0.15, 0.2) is 0 Å². The van der Waals surface area contributed by atoms with E-state index in [2.05, 4.69) is 18.5 Å². The number of likely N-dealkylation sites (N-methyl/N-ethyl adjacent to an activating group) is 1. The van der Waals surface area contributed by atoms with Crippen molar-refractivity contribution in [2.45, 2.75) is 18.4 Å². The minimum absolute atomic E-state index is 0.151. The molecule has 0 radical (unpaired) electrons. The molecule has 0 atom stereocenters. The molecule has 0 heterocycles. The molecular formula is C8H16N2. The second-order valence-corrected chi connectivity index (χ2v) is 3.35. The van der Waals surface area contributed by atoms with Gasteiger partial charge < -0.3 is 10.6 Å². The molecule has 10 heavy (non-hydrogen) atoms. The van der Waals surface area contributed by atoms with Crippen LogP contribution < -0.4 is 5.73 Å². The molecule has 1 fully saturated rings. The lowest BCUT2D eigenvalue weighted by Gasteiger charge is -2.18. The number of hydrogen-bond donors (Lipinski definition) is 1. The number of rotatable bonds is 4. The Balaban J connectivity index is 2.17. The Hall–Kier alpha value is -0.340. The topological polar surface area (TPSA) is 29.3 Å². The molecule has 2 nitrogen and oxygen atoms in total. The Morgan fingerprint density at radius 3 is 2.70 bits per heavy atom. The van der Waals surface area contributed by atoms with Crippen LogP contribution >= 0.6 is 0 Å². The summed E-state index contributed by atoms with van der Waals surface area (Å²) in [5.74, 6) is 0. The van der Waals surface area contributed by atoms with Gasteiger partial charge in [-0.05, 0) is 19.9 Å². The molecule has 0 aromatic rings. The average molecular weight is 140 g/mol. The normalized spacial score (nSPS) is 21.1. The molecule has 1 aliphatic rings. The van der Waals surface area contributed by atoms with Crippen LogP contribution in [0.15, 0.2) is 12.7 Å². The van der Waals surface area contributed by atoms with E-state index in [-0.39, 0.29) is 5.54 Å². The van der Waals surface area contributed by atoms with Crippen molar-refractivity contribution in [1.82, 2.24) is 4.90 Å². The first-order valence-electron chi connectivity index (χ1n) is 3.75. The third-order valence-electron chi connectivity index (χ3n) is 1.92. The second kappa shape index (κ2) is 2.72. The van der Waals surface area contributed by atoms with Crippen LogP contribution in [0, 0.1) is 0 Å². The van der Waals surface area contributed by atoms with Crippen LogP contribution in [0.5, 0.6) is 0 Å². The molecule has 2 heteroatoms. The van der Waals surface area contributed by atoms with Gasteiger partial charge in [0.2, 0.25) is 0 Å². The summed E-state index contributed by atoms with van der Waals surface area (Å²) in [5.41, 5.74) is 6.05. The van der Waals surface area contributed by atoms with Gasteiger partial charge in [-0.2, -0.15) is 0 Å². The molecule has 1 aliphatic carbocycles. The van der Waals surface area contributed by atoms with E-state index in [0.717, 1.165) is 13.1 Å².